The summed E-state index contributed by atoms with van der Waals surface area (Å²) in [5.41, 5.74) is 10.2. The number of hydrogen-bond acceptors (Lipinski definition) is 10. The Labute approximate surface area is 246 Å². The van der Waals surface area contributed by atoms with E-state index < -0.39 is 71.4 Å². The highest BCUT2D eigenvalue weighted by Crippen LogP contribution is 2.08. The predicted octanol–water partition coefficient (Wildman–Crippen LogP) is -0.355. The summed E-state index contributed by atoms with van der Waals surface area (Å²) in [6, 6.07) is -3.67. The summed E-state index contributed by atoms with van der Waals surface area (Å²) in [6.45, 7) is 13.6. The van der Waals surface area contributed by atoms with Gasteiger partial charge in [0.05, 0.1) is 6.04 Å². The largest absolute Gasteiger partial charge is 0.480 e. The molecule has 16 heteroatoms. The smallest absolute Gasteiger partial charge is 0.407 e. The summed E-state index contributed by atoms with van der Waals surface area (Å²) in [4.78, 5) is 73.5. The molecule has 10 N–H and O–H groups in total. The van der Waals surface area contributed by atoms with Crippen LogP contribution in [0.5, 0.6) is 0 Å². The van der Waals surface area contributed by atoms with Crippen molar-refractivity contribution in [2.24, 2.45) is 17.4 Å². The van der Waals surface area contributed by atoms with Gasteiger partial charge in [-0.05, 0) is 66.7 Å². The summed E-state index contributed by atoms with van der Waals surface area (Å²) in [5.74, 6) is -3.88. The molecule has 0 heterocycles. The molecule has 0 bridgehead atoms. The van der Waals surface area contributed by atoms with E-state index in [0.29, 0.717) is 0 Å². The molecular formula is C26H49N7O9. The monoisotopic (exact) mass is 603 g/mol. The number of carboxylic acids is 1. The molecule has 0 fully saturated rings. The zero-order chi connectivity index (χ0) is 32.8. The highest BCUT2D eigenvalue weighted by Gasteiger charge is 2.29. The van der Waals surface area contributed by atoms with E-state index in [-0.39, 0.29) is 38.3 Å². The Morgan fingerprint density at radius 3 is 1.57 bits per heavy atom. The van der Waals surface area contributed by atoms with Crippen LogP contribution in [0, 0.1) is 5.92 Å². The maximum absolute atomic E-state index is 13.0. The van der Waals surface area contributed by atoms with Crippen molar-refractivity contribution >= 4 is 35.9 Å². The Bertz CT molecular complexity index is 945. The maximum atomic E-state index is 13.0. The van der Waals surface area contributed by atoms with E-state index in [0.717, 1.165) is 0 Å². The zero-order valence-corrected chi connectivity index (χ0v) is 25.8. The van der Waals surface area contributed by atoms with E-state index in [2.05, 4.69) is 26.6 Å². The van der Waals surface area contributed by atoms with Gasteiger partial charge in [0.15, 0.2) is 6.17 Å². The fraction of sp³-hybridized carbons (Fsp3) is 0.769. The molecule has 0 aromatic rings. The first kappa shape index (κ1) is 38.3. The maximum Gasteiger partial charge on any atom is 0.407 e. The fourth-order valence-corrected chi connectivity index (χ4v) is 3.23. The van der Waals surface area contributed by atoms with Gasteiger partial charge in [0.1, 0.15) is 23.3 Å². The van der Waals surface area contributed by atoms with Crippen molar-refractivity contribution in [2.75, 3.05) is 13.1 Å². The number of alkyl carbamates (subject to hydrolysis) is 2. The van der Waals surface area contributed by atoms with Crippen LogP contribution in [0.1, 0.15) is 74.7 Å². The molecule has 0 aliphatic rings. The van der Waals surface area contributed by atoms with Crippen LogP contribution in [0.3, 0.4) is 0 Å². The summed E-state index contributed by atoms with van der Waals surface area (Å²) >= 11 is 0. The van der Waals surface area contributed by atoms with E-state index in [1.807, 2.05) is 0 Å². The summed E-state index contributed by atoms with van der Waals surface area (Å²) in [6.07, 6.45) is -3.08. The molecule has 0 saturated heterocycles. The molecule has 5 amide bonds. The highest BCUT2D eigenvalue weighted by atomic mass is 16.6. The number of carbonyl (C=O) groups is 6. The van der Waals surface area contributed by atoms with Crippen molar-refractivity contribution in [3.8, 4) is 0 Å². The van der Waals surface area contributed by atoms with Crippen LogP contribution in [-0.2, 0) is 28.7 Å². The molecule has 242 valence electrons. The van der Waals surface area contributed by atoms with Crippen molar-refractivity contribution in [3.63, 3.8) is 0 Å². The van der Waals surface area contributed by atoms with Gasteiger partial charge in [-0.1, -0.05) is 13.8 Å². The van der Waals surface area contributed by atoms with E-state index in [9.17, 15) is 33.9 Å². The van der Waals surface area contributed by atoms with Crippen molar-refractivity contribution in [1.82, 2.24) is 26.6 Å². The van der Waals surface area contributed by atoms with Crippen LogP contribution in [0.25, 0.3) is 0 Å². The number of hydrogen-bond donors (Lipinski definition) is 8. The molecule has 0 unspecified atom stereocenters. The third-order valence-corrected chi connectivity index (χ3v) is 5.10. The van der Waals surface area contributed by atoms with Crippen molar-refractivity contribution < 1.29 is 43.3 Å². The number of ether oxygens (including phenoxy) is 2. The van der Waals surface area contributed by atoms with Crippen LogP contribution in [0.2, 0.25) is 0 Å². The van der Waals surface area contributed by atoms with Gasteiger partial charge >= 0.3 is 18.2 Å². The van der Waals surface area contributed by atoms with Gasteiger partial charge in [-0.15, -0.1) is 0 Å². The zero-order valence-electron chi connectivity index (χ0n) is 25.8. The Hall–Kier alpha value is -3.66. The van der Waals surface area contributed by atoms with E-state index in [1.165, 1.54) is 0 Å². The fourth-order valence-electron chi connectivity index (χ4n) is 3.23. The van der Waals surface area contributed by atoms with E-state index in [1.54, 1.807) is 55.4 Å². The van der Waals surface area contributed by atoms with Crippen LogP contribution < -0.4 is 38.1 Å². The number of rotatable bonds is 15. The van der Waals surface area contributed by atoms with E-state index >= 15 is 0 Å². The molecule has 42 heavy (non-hydrogen) atoms. The van der Waals surface area contributed by atoms with Gasteiger partial charge in [0, 0.05) is 13.1 Å². The number of amides is 5. The third-order valence-electron chi connectivity index (χ3n) is 5.10. The number of nitrogens with two attached hydrogens (primary N) is 2. The lowest BCUT2D eigenvalue weighted by molar-refractivity contribution is -0.142. The van der Waals surface area contributed by atoms with E-state index in [4.69, 9.17) is 20.9 Å². The molecule has 0 aromatic carbocycles. The standard InChI is InChI=1S/C26H49N7O9/c1-14(2)13-17(22(37)38)32-21(36)18(28)33-20(35)16(10-12-30-24(40)42-26(6,7)8)31-19(34)15(27)9-11-29-23(39)41-25(3,4)5/h14-18H,9-13,27-28H2,1-8H3,(H,29,39)(H,30,40)(H,31,34)(H,32,36)(H,33,35)(H,37,38)/t15-,16-,17-,18+/m0/s1. The summed E-state index contributed by atoms with van der Waals surface area (Å²) in [7, 11) is 0. The molecule has 0 aliphatic carbocycles. The SMILES string of the molecule is CC(C)C[C@H](NC(=O)[C@H](N)NC(=O)[C@H](CCNC(=O)OC(C)(C)C)NC(=O)[C@@H](N)CCNC(=O)OC(C)(C)C)C(=O)O. The van der Waals surface area contributed by atoms with Gasteiger partial charge in [0.2, 0.25) is 11.8 Å². The molecule has 0 saturated carbocycles. The molecule has 4 atom stereocenters. The van der Waals surface area contributed by atoms with Gasteiger partial charge < -0.3 is 52.6 Å². The number of carbonyl (C=O) groups excluding carboxylic acids is 5. The second-order valence-corrected chi connectivity index (χ2v) is 12.1. The minimum Gasteiger partial charge on any atom is -0.480 e. The van der Waals surface area contributed by atoms with Gasteiger partial charge in [-0.25, -0.2) is 14.4 Å². The molecular weight excluding hydrogens is 554 g/mol. The Kier molecular flexibility index (Phi) is 15.8. The second-order valence-electron chi connectivity index (χ2n) is 12.1. The average molecular weight is 604 g/mol. The average Bonchev–Trinajstić information content (AvgIpc) is 2.79. The summed E-state index contributed by atoms with van der Waals surface area (Å²) in [5, 5.41) is 21.3. The lowest BCUT2D eigenvalue weighted by Gasteiger charge is -2.24. The normalized spacial score (nSPS) is 14.5. The molecule has 0 rings (SSSR count). The lowest BCUT2D eigenvalue weighted by atomic mass is 10.0. The first-order chi connectivity index (χ1) is 19.1. The molecule has 0 aliphatic heterocycles. The molecule has 0 aromatic heterocycles. The summed E-state index contributed by atoms with van der Waals surface area (Å²) < 4.78 is 10.3. The Balaban J connectivity index is 5.34. The molecule has 0 spiro atoms. The number of aliphatic carboxylic acids is 1. The molecule has 0 radical (unpaired) electrons. The van der Waals surface area contributed by atoms with Crippen molar-refractivity contribution in [3.05, 3.63) is 0 Å². The topological polar surface area (TPSA) is 253 Å². The first-order valence-electron chi connectivity index (χ1n) is 13.7. The Morgan fingerprint density at radius 2 is 1.14 bits per heavy atom. The molecule has 16 nitrogen and oxygen atoms in total. The van der Waals surface area contributed by atoms with Crippen LogP contribution in [-0.4, -0.2) is 89.6 Å². The van der Waals surface area contributed by atoms with Crippen LogP contribution in [0.4, 0.5) is 9.59 Å². The third kappa shape index (κ3) is 17.9. The predicted molar refractivity (Wildman–Crippen MR) is 153 cm³/mol. The lowest BCUT2D eigenvalue weighted by Crippen LogP contribution is -2.60. The highest BCUT2D eigenvalue weighted by molar-refractivity contribution is 5.93. The number of carboxylic acid groups (broad SMARTS) is 1. The van der Waals surface area contributed by atoms with Gasteiger partial charge in [0.25, 0.3) is 5.91 Å². The van der Waals surface area contributed by atoms with Gasteiger partial charge in [-0.3, -0.25) is 14.4 Å². The van der Waals surface area contributed by atoms with Crippen molar-refractivity contribution in [1.29, 1.82) is 0 Å². The van der Waals surface area contributed by atoms with Crippen LogP contribution in [0.15, 0.2) is 0 Å². The number of nitrogens with one attached hydrogen (secondary N) is 5. The minimum absolute atomic E-state index is 0.00389. The minimum atomic E-state index is -1.64. The van der Waals surface area contributed by atoms with Crippen molar-refractivity contribution in [2.45, 2.75) is 110 Å². The quantitative estimate of drug-likeness (QED) is 0.112. The second kappa shape index (κ2) is 17.3. The Morgan fingerprint density at radius 1 is 0.690 bits per heavy atom. The van der Waals surface area contributed by atoms with Gasteiger partial charge in [-0.2, -0.15) is 0 Å². The van der Waals surface area contributed by atoms with Crippen LogP contribution >= 0.6 is 0 Å². The first-order valence-corrected chi connectivity index (χ1v) is 13.7.